The summed E-state index contributed by atoms with van der Waals surface area (Å²) in [4.78, 5) is 17.5. The van der Waals surface area contributed by atoms with Crippen molar-refractivity contribution < 1.29 is 4.79 Å². The monoisotopic (exact) mass is 320 g/mol. The molecule has 0 aliphatic rings. The van der Waals surface area contributed by atoms with E-state index in [-0.39, 0.29) is 11.8 Å². The molecule has 3 nitrogen and oxygen atoms in total. The molecule has 0 saturated heterocycles. The maximum Gasteiger partial charge on any atom is 0.230 e. The number of benzene rings is 1. The van der Waals surface area contributed by atoms with Gasteiger partial charge in [-0.15, -0.1) is 23.1 Å². The molecule has 1 unspecified atom stereocenters. The molecule has 2 aromatic rings. The van der Waals surface area contributed by atoms with Crippen LogP contribution in [0.1, 0.15) is 29.1 Å². The van der Waals surface area contributed by atoms with Gasteiger partial charge in [-0.1, -0.05) is 25.1 Å². The summed E-state index contributed by atoms with van der Waals surface area (Å²) in [5.74, 6) is 0.786. The van der Waals surface area contributed by atoms with Gasteiger partial charge in [-0.05, 0) is 25.5 Å². The first-order chi connectivity index (χ1) is 10.1. The summed E-state index contributed by atoms with van der Waals surface area (Å²) >= 11 is 3.24. The number of aromatic nitrogens is 1. The molecule has 1 amide bonds. The lowest BCUT2D eigenvalue weighted by molar-refractivity contribution is -0.118. The van der Waals surface area contributed by atoms with Crippen molar-refractivity contribution in [2.45, 2.75) is 31.6 Å². The number of rotatable bonds is 6. The number of amides is 1. The lowest BCUT2D eigenvalue weighted by Gasteiger charge is -2.10. The van der Waals surface area contributed by atoms with Crippen LogP contribution in [0, 0.1) is 13.8 Å². The summed E-state index contributed by atoms with van der Waals surface area (Å²) in [6, 6.07) is 8.12. The Kier molecular flexibility index (Phi) is 5.82. The maximum absolute atomic E-state index is 11.9. The predicted octanol–water partition coefficient (Wildman–Crippen LogP) is 3.77. The van der Waals surface area contributed by atoms with Gasteiger partial charge in [0.25, 0.3) is 0 Å². The summed E-state index contributed by atoms with van der Waals surface area (Å²) in [7, 11) is 0. The van der Waals surface area contributed by atoms with Crippen LogP contribution in [-0.2, 0) is 4.79 Å². The molecule has 0 aliphatic heterocycles. The van der Waals surface area contributed by atoms with Crippen molar-refractivity contribution in [3.05, 3.63) is 45.9 Å². The lowest BCUT2D eigenvalue weighted by atomic mass is 10.2. The third-order valence-electron chi connectivity index (χ3n) is 3.12. The van der Waals surface area contributed by atoms with Crippen LogP contribution in [0.2, 0.25) is 0 Å². The molecule has 0 aliphatic carbocycles. The topological polar surface area (TPSA) is 42.0 Å². The molecular weight excluding hydrogens is 300 g/mol. The summed E-state index contributed by atoms with van der Waals surface area (Å²) < 4.78 is 0. The van der Waals surface area contributed by atoms with E-state index < -0.39 is 0 Å². The number of carbonyl (C=O) groups is 1. The number of thiazole rings is 1. The minimum Gasteiger partial charge on any atom is -0.355 e. The Balaban J connectivity index is 1.76. The highest BCUT2D eigenvalue weighted by Gasteiger charge is 2.11. The minimum absolute atomic E-state index is 0.0726. The van der Waals surface area contributed by atoms with E-state index in [1.807, 2.05) is 30.5 Å². The molecule has 5 heteroatoms. The van der Waals surface area contributed by atoms with E-state index in [1.165, 1.54) is 5.56 Å². The Morgan fingerprint density at radius 2 is 2.14 bits per heavy atom. The molecule has 0 saturated carbocycles. The van der Waals surface area contributed by atoms with Crippen molar-refractivity contribution in [1.82, 2.24) is 10.3 Å². The van der Waals surface area contributed by atoms with Crippen LogP contribution < -0.4 is 5.32 Å². The average Bonchev–Trinajstić information content (AvgIpc) is 2.90. The van der Waals surface area contributed by atoms with Crippen LogP contribution >= 0.6 is 23.1 Å². The smallest absolute Gasteiger partial charge is 0.230 e. The molecule has 1 aromatic heterocycles. The number of nitrogens with one attached hydrogen (secondary N) is 1. The molecule has 0 fully saturated rings. The summed E-state index contributed by atoms with van der Waals surface area (Å²) in [6.07, 6.45) is 0. The first-order valence-corrected chi connectivity index (χ1v) is 8.80. The highest BCUT2D eigenvalue weighted by molar-refractivity contribution is 8.00. The Morgan fingerprint density at radius 1 is 1.38 bits per heavy atom. The highest BCUT2D eigenvalue weighted by atomic mass is 32.2. The van der Waals surface area contributed by atoms with Crippen molar-refractivity contribution in [1.29, 1.82) is 0 Å². The molecular formula is C16H20N2OS2. The van der Waals surface area contributed by atoms with Gasteiger partial charge < -0.3 is 5.32 Å². The van der Waals surface area contributed by atoms with E-state index in [1.54, 1.807) is 23.1 Å². The van der Waals surface area contributed by atoms with Gasteiger partial charge in [0.15, 0.2) is 0 Å². The van der Waals surface area contributed by atoms with Gasteiger partial charge in [0.2, 0.25) is 5.91 Å². The van der Waals surface area contributed by atoms with Crippen LogP contribution in [0.4, 0.5) is 0 Å². The zero-order chi connectivity index (χ0) is 15.2. The maximum atomic E-state index is 11.9. The third kappa shape index (κ3) is 4.86. The van der Waals surface area contributed by atoms with Gasteiger partial charge in [0, 0.05) is 28.4 Å². The van der Waals surface area contributed by atoms with E-state index in [2.05, 4.69) is 30.2 Å². The fourth-order valence-corrected chi connectivity index (χ4v) is 3.58. The summed E-state index contributed by atoms with van der Waals surface area (Å²) in [5, 5.41) is 6.11. The number of thioether (sulfide) groups is 1. The minimum atomic E-state index is 0.0726. The van der Waals surface area contributed by atoms with Crippen molar-refractivity contribution >= 4 is 29.0 Å². The average molecular weight is 320 g/mol. The SMILES string of the molecule is Cc1csc(C(C)CNC(=O)CSc2ccccc2C)n1. The molecule has 1 aromatic carbocycles. The van der Waals surface area contributed by atoms with Gasteiger partial charge in [-0.25, -0.2) is 4.98 Å². The zero-order valence-corrected chi connectivity index (χ0v) is 14.2. The molecule has 2 rings (SSSR count). The van der Waals surface area contributed by atoms with E-state index >= 15 is 0 Å². The molecule has 1 heterocycles. The normalized spacial score (nSPS) is 12.1. The fourth-order valence-electron chi connectivity index (χ4n) is 1.87. The first kappa shape index (κ1) is 16.0. The largest absolute Gasteiger partial charge is 0.355 e. The standard InChI is InChI=1S/C16H20N2OS2/c1-11-6-4-5-7-14(11)20-10-15(19)17-8-12(2)16-18-13(3)9-21-16/h4-7,9,12H,8,10H2,1-3H3,(H,17,19). The first-order valence-electron chi connectivity index (χ1n) is 6.93. The van der Waals surface area contributed by atoms with E-state index in [0.717, 1.165) is 15.6 Å². The Hall–Kier alpha value is -1.33. The van der Waals surface area contributed by atoms with Gasteiger partial charge in [-0.3, -0.25) is 4.79 Å². The van der Waals surface area contributed by atoms with E-state index in [4.69, 9.17) is 0 Å². The molecule has 112 valence electrons. The Labute approximate surface area is 134 Å². The van der Waals surface area contributed by atoms with Gasteiger partial charge in [-0.2, -0.15) is 0 Å². The lowest BCUT2D eigenvalue weighted by Crippen LogP contribution is -2.28. The second-order valence-electron chi connectivity index (χ2n) is 5.09. The summed E-state index contributed by atoms with van der Waals surface area (Å²) in [6.45, 7) is 6.78. The van der Waals surface area contributed by atoms with Gasteiger partial charge >= 0.3 is 0 Å². The third-order valence-corrected chi connectivity index (χ3v) is 5.49. The van der Waals surface area contributed by atoms with Crippen molar-refractivity contribution in [3.63, 3.8) is 0 Å². The number of hydrogen-bond acceptors (Lipinski definition) is 4. The van der Waals surface area contributed by atoms with Crippen LogP contribution in [0.15, 0.2) is 34.5 Å². The van der Waals surface area contributed by atoms with Crippen LogP contribution in [-0.4, -0.2) is 23.2 Å². The number of hydrogen-bond donors (Lipinski definition) is 1. The van der Waals surface area contributed by atoms with Crippen molar-refractivity contribution in [2.24, 2.45) is 0 Å². The molecule has 21 heavy (non-hydrogen) atoms. The Bertz CT molecular complexity index is 610. The van der Waals surface area contributed by atoms with E-state index in [9.17, 15) is 4.79 Å². The number of nitrogens with zero attached hydrogens (tertiary/aromatic N) is 1. The second kappa shape index (κ2) is 7.61. The van der Waals surface area contributed by atoms with Gasteiger partial charge in [0.05, 0.1) is 10.8 Å². The quantitative estimate of drug-likeness (QED) is 0.824. The molecule has 1 N–H and O–H groups in total. The Morgan fingerprint density at radius 3 is 2.81 bits per heavy atom. The number of carbonyl (C=O) groups excluding carboxylic acids is 1. The zero-order valence-electron chi connectivity index (χ0n) is 12.6. The highest BCUT2D eigenvalue weighted by Crippen LogP contribution is 2.22. The van der Waals surface area contributed by atoms with Crippen LogP contribution in [0.25, 0.3) is 0 Å². The van der Waals surface area contributed by atoms with Crippen LogP contribution in [0.5, 0.6) is 0 Å². The van der Waals surface area contributed by atoms with Crippen molar-refractivity contribution in [2.75, 3.05) is 12.3 Å². The van der Waals surface area contributed by atoms with Crippen LogP contribution in [0.3, 0.4) is 0 Å². The second-order valence-corrected chi connectivity index (χ2v) is 6.99. The predicted molar refractivity (Wildman–Crippen MR) is 90.2 cm³/mol. The number of aryl methyl sites for hydroxylation is 2. The van der Waals surface area contributed by atoms with Crippen molar-refractivity contribution in [3.8, 4) is 0 Å². The van der Waals surface area contributed by atoms with Gasteiger partial charge in [0.1, 0.15) is 0 Å². The molecule has 1 atom stereocenters. The summed E-state index contributed by atoms with van der Waals surface area (Å²) in [5.41, 5.74) is 2.25. The molecule has 0 radical (unpaired) electrons. The fraction of sp³-hybridized carbons (Fsp3) is 0.375. The molecule has 0 spiro atoms. The molecule has 0 bridgehead atoms. The van der Waals surface area contributed by atoms with E-state index in [0.29, 0.717) is 12.3 Å².